The molecule has 1 unspecified atom stereocenters. The van der Waals surface area contributed by atoms with Crippen molar-refractivity contribution in [3.05, 3.63) is 100 Å². The van der Waals surface area contributed by atoms with E-state index in [4.69, 9.17) is 21.4 Å². The number of ether oxygens (including phenoxy) is 1. The van der Waals surface area contributed by atoms with Gasteiger partial charge in [-0.15, -0.1) is 0 Å². The molecular formula is C27H26ClNO4. The van der Waals surface area contributed by atoms with Crippen molar-refractivity contribution in [3.63, 3.8) is 0 Å². The summed E-state index contributed by atoms with van der Waals surface area (Å²) < 4.78 is 6.26. The van der Waals surface area contributed by atoms with Crippen molar-refractivity contribution >= 4 is 23.5 Å². The van der Waals surface area contributed by atoms with Crippen LogP contribution in [0.2, 0.25) is 5.02 Å². The molecule has 0 saturated heterocycles. The number of halogens is 1. The largest absolute Gasteiger partial charge is 0.487 e. The van der Waals surface area contributed by atoms with Crippen LogP contribution in [-0.2, 0) is 24.2 Å². The van der Waals surface area contributed by atoms with E-state index in [2.05, 4.69) is 0 Å². The number of fused-ring (bicyclic) bond motifs is 1. The minimum atomic E-state index is -0.932. The van der Waals surface area contributed by atoms with Gasteiger partial charge in [0, 0.05) is 36.5 Å². The van der Waals surface area contributed by atoms with E-state index in [1.165, 1.54) is 0 Å². The molecule has 1 N–H and O–H groups in total. The molecule has 3 aromatic carbocycles. The maximum absolute atomic E-state index is 13.3. The molecule has 3 aromatic rings. The quantitative estimate of drug-likeness (QED) is 0.486. The first-order chi connectivity index (χ1) is 15.8. The molecular weight excluding hydrogens is 438 g/mol. The highest BCUT2D eigenvalue weighted by atomic mass is 35.5. The van der Waals surface area contributed by atoms with Crippen LogP contribution in [-0.4, -0.2) is 34.0 Å². The third-order valence-electron chi connectivity index (χ3n) is 5.85. The summed E-state index contributed by atoms with van der Waals surface area (Å²) in [5, 5.41) is 9.85. The highest BCUT2D eigenvalue weighted by Crippen LogP contribution is 2.38. The highest BCUT2D eigenvalue weighted by molar-refractivity contribution is 6.31. The molecule has 1 amide bonds. The number of amides is 1. The number of carboxylic acids is 1. The van der Waals surface area contributed by atoms with Crippen molar-refractivity contribution < 1.29 is 19.4 Å². The number of aliphatic carboxylic acids is 1. The van der Waals surface area contributed by atoms with Gasteiger partial charge in [-0.1, -0.05) is 60.1 Å². The second-order valence-corrected chi connectivity index (χ2v) is 9.08. The molecule has 1 aliphatic heterocycles. The van der Waals surface area contributed by atoms with Gasteiger partial charge in [0.05, 0.1) is 6.42 Å². The van der Waals surface area contributed by atoms with Crippen LogP contribution in [0.4, 0.5) is 0 Å². The lowest BCUT2D eigenvalue weighted by Gasteiger charge is -2.24. The minimum Gasteiger partial charge on any atom is -0.487 e. The second kappa shape index (κ2) is 9.67. The average molecular weight is 464 g/mol. The minimum absolute atomic E-state index is 0.109. The number of hydrogen-bond donors (Lipinski definition) is 1. The van der Waals surface area contributed by atoms with Crippen molar-refractivity contribution in [2.75, 3.05) is 6.54 Å². The van der Waals surface area contributed by atoms with Gasteiger partial charge in [0.1, 0.15) is 11.4 Å². The fourth-order valence-electron chi connectivity index (χ4n) is 4.27. The lowest BCUT2D eigenvalue weighted by Crippen LogP contribution is -2.33. The normalized spacial score (nSPS) is 16.7. The maximum atomic E-state index is 13.3. The summed E-state index contributed by atoms with van der Waals surface area (Å²) in [6.45, 7) is 2.54. The average Bonchev–Trinajstić information content (AvgIpc) is 3.13. The zero-order valence-corrected chi connectivity index (χ0v) is 19.2. The van der Waals surface area contributed by atoms with Gasteiger partial charge in [-0.05, 0) is 47.9 Å². The molecule has 33 heavy (non-hydrogen) atoms. The SMILES string of the molecule is CC1(Cc2ccccc2Cl)Cc2cc(C(=O)N(CCC(=O)O)Cc3ccccc3)ccc2O1. The predicted octanol–water partition coefficient (Wildman–Crippen LogP) is 5.39. The molecule has 0 radical (unpaired) electrons. The van der Waals surface area contributed by atoms with Gasteiger partial charge in [-0.25, -0.2) is 0 Å². The Morgan fingerprint density at radius 3 is 2.52 bits per heavy atom. The highest BCUT2D eigenvalue weighted by Gasteiger charge is 2.36. The molecule has 6 heteroatoms. The van der Waals surface area contributed by atoms with Crippen molar-refractivity contribution in [3.8, 4) is 5.75 Å². The van der Waals surface area contributed by atoms with Crippen LogP contribution >= 0.6 is 11.6 Å². The van der Waals surface area contributed by atoms with E-state index in [0.717, 1.165) is 22.4 Å². The Hall–Kier alpha value is -3.31. The van der Waals surface area contributed by atoms with Crippen molar-refractivity contribution in [1.29, 1.82) is 0 Å². The summed E-state index contributed by atoms with van der Waals surface area (Å²) in [6, 6.07) is 22.8. The first-order valence-corrected chi connectivity index (χ1v) is 11.3. The third kappa shape index (κ3) is 5.55. The molecule has 1 heterocycles. The van der Waals surface area contributed by atoms with Crippen LogP contribution in [0.25, 0.3) is 0 Å². The van der Waals surface area contributed by atoms with E-state index >= 15 is 0 Å². The van der Waals surface area contributed by atoms with E-state index in [9.17, 15) is 9.59 Å². The van der Waals surface area contributed by atoms with Gasteiger partial charge in [-0.2, -0.15) is 0 Å². The number of benzene rings is 3. The molecule has 170 valence electrons. The zero-order valence-electron chi connectivity index (χ0n) is 18.5. The van der Waals surface area contributed by atoms with Gasteiger partial charge in [0.2, 0.25) is 0 Å². The lowest BCUT2D eigenvalue weighted by atomic mass is 9.91. The second-order valence-electron chi connectivity index (χ2n) is 8.68. The van der Waals surface area contributed by atoms with E-state index in [1.54, 1.807) is 11.0 Å². The fourth-order valence-corrected chi connectivity index (χ4v) is 4.47. The number of carbonyl (C=O) groups excluding carboxylic acids is 1. The monoisotopic (exact) mass is 463 g/mol. The van der Waals surface area contributed by atoms with Crippen molar-refractivity contribution in [2.24, 2.45) is 0 Å². The van der Waals surface area contributed by atoms with Crippen LogP contribution in [0.5, 0.6) is 5.75 Å². The summed E-state index contributed by atoms with van der Waals surface area (Å²) in [6.07, 6.45) is 1.20. The van der Waals surface area contributed by atoms with Crippen molar-refractivity contribution in [2.45, 2.75) is 38.3 Å². The molecule has 4 rings (SSSR count). The Balaban J connectivity index is 1.53. The number of carboxylic acid groups (broad SMARTS) is 1. The van der Waals surface area contributed by atoms with Crippen LogP contribution in [0, 0.1) is 0 Å². The Morgan fingerprint density at radius 1 is 1.06 bits per heavy atom. The van der Waals surface area contributed by atoms with Crippen LogP contribution in [0.15, 0.2) is 72.8 Å². The van der Waals surface area contributed by atoms with E-state index in [0.29, 0.717) is 30.0 Å². The number of rotatable bonds is 8. The maximum Gasteiger partial charge on any atom is 0.305 e. The molecule has 0 saturated carbocycles. The number of hydrogen-bond acceptors (Lipinski definition) is 3. The Kier molecular flexibility index (Phi) is 6.70. The Labute approximate surface area is 198 Å². The van der Waals surface area contributed by atoms with Gasteiger partial charge >= 0.3 is 5.97 Å². The summed E-state index contributed by atoms with van der Waals surface area (Å²) in [5.41, 5.74) is 3.01. The zero-order chi connectivity index (χ0) is 23.4. The molecule has 0 aliphatic carbocycles. The Bertz CT molecular complexity index is 1160. The molecule has 1 aliphatic rings. The molecule has 0 fully saturated rings. The van der Waals surface area contributed by atoms with Crippen LogP contribution in [0.1, 0.15) is 40.4 Å². The topological polar surface area (TPSA) is 66.8 Å². The number of carbonyl (C=O) groups is 2. The Morgan fingerprint density at radius 2 is 1.79 bits per heavy atom. The third-order valence-corrected chi connectivity index (χ3v) is 6.22. The van der Waals surface area contributed by atoms with Gasteiger partial charge < -0.3 is 14.7 Å². The molecule has 0 aromatic heterocycles. The molecule has 0 bridgehead atoms. The van der Waals surface area contributed by atoms with Gasteiger partial charge in [0.15, 0.2) is 0 Å². The summed E-state index contributed by atoms with van der Waals surface area (Å²) in [7, 11) is 0. The summed E-state index contributed by atoms with van der Waals surface area (Å²) in [4.78, 5) is 26.1. The molecule has 0 spiro atoms. The van der Waals surface area contributed by atoms with Gasteiger partial charge in [0.25, 0.3) is 5.91 Å². The standard InChI is InChI=1S/C27H26ClNO4/c1-27(16-21-9-5-6-10-23(21)28)17-22-15-20(11-12-24(22)33-27)26(32)29(14-13-25(30)31)18-19-7-3-2-4-8-19/h2-12,15H,13-14,16-18H2,1H3,(H,30,31). The van der Waals surface area contributed by atoms with Gasteiger partial charge in [-0.3, -0.25) is 9.59 Å². The summed E-state index contributed by atoms with van der Waals surface area (Å²) >= 11 is 6.35. The van der Waals surface area contributed by atoms with Crippen LogP contribution < -0.4 is 4.74 Å². The van der Waals surface area contributed by atoms with E-state index in [1.807, 2.05) is 73.7 Å². The first kappa shape index (κ1) is 22.9. The lowest BCUT2D eigenvalue weighted by molar-refractivity contribution is -0.137. The summed E-state index contributed by atoms with van der Waals surface area (Å²) in [5.74, 6) is -0.359. The number of nitrogens with zero attached hydrogens (tertiary/aromatic N) is 1. The molecule has 1 atom stereocenters. The predicted molar refractivity (Wildman–Crippen MR) is 128 cm³/mol. The molecule has 5 nitrogen and oxygen atoms in total. The first-order valence-electron chi connectivity index (χ1n) is 10.9. The smallest absolute Gasteiger partial charge is 0.305 e. The van der Waals surface area contributed by atoms with E-state index < -0.39 is 11.6 Å². The fraction of sp³-hybridized carbons (Fsp3) is 0.259. The van der Waals surface area contributed by atoms with E-state index in [-0.39, 0.29) is 18.9 Å². The van der Waals surface area contributed by atoms with Crippen LogP contribution in [0.3, 0.4) is 0 Å². The van der Waals surface area contributed by atoms with Crippen molar-refractivity contribution in [1.82, 2.24) is 4.90 Å².